The van der Waals surface area contributed by atoms with Gasteiger partial charge in [-0.2, -0.15) is 0 Å². The summed E-state index contributed by atoms with van der Waals surface area (Å²) in [5.41, 5.74) is 2.16. The van der Waals surface area contributed by atoms with Gasteiger partial charge in [0.1, 0.15) is 5.75 Å². The first-order valence-electron chi connectivity index (χ1n) is 5.35. The van der Waals surface area contributed by atoms with Crippen molar-refractivity contribution in [2.24, 2.45) is 0 Å². The molecule has 94 valence electrons. The number of rotatable bonds is 3. The summed E-state index contributed by atoms with van der Waals surface area (Å²) in [5.74, 6) is 0.821. The van der Waals surface area contributed by atoms with E-state index in [1.54, 1.807) is 7.11 Å². The second-order valence-electron chi connectivity index (χ2n) is 3.80. The quantitative estimate of drug-likeness (QED) is 0.620. The Morgan fingerprint density at radius 1 is 1.17 bits per heavy atom. The topological polar surface area (TPSA) is 9.23 Å². The molecule has 18 heavy (non-hydrogen) atoms. The van der Waals surface area contributed by atoms with Gasteiger partial charge in [-0.15, -0.1) is 0 Å². The van der Waals surface area contributed by atoms with Crippen molar-refractivity contribution in [1.29, 1.82) is 0 Å². The Hall–Kier alpha value is -0.510. The summed E-state index contributed by atoms with van der Waals surface area (Å²) in [7, 11) is 1.66. The summed E-state index contributed by atoms with van der Waals surface area (Å²) in [4.78, 5) is 0.0450. The van der Waals surface area contributed by atoms with Crippen LogP contribution in [0.2, 0.25) is 5.02 Å². The lowest BCUT2D eigenvalue weighted by molar-refractivity contribution is 0.410. The molecule has 0 N–H and O–H groups in total. The summed E-state index contributed by atoms with van der Waals surface area (Å²) in [5, 5.41) is 0.699. The molecule has 1 unspecified atom stereocenters. The van der Waals surface area contributed by atoms with Crippen molar-refractivity contribution < 1.29 is 4.74 Å². The lowest BCUT2D eigenvalue weighted by Crippen LogP contribution is -1.97. The Bertz CT molecular complexity index is 557. The first kappa shape index (κ1) is 13.9. The van der Waals surface area contributed by atoms with Gasteiger partial charge in [0.2, 0.25) is 0 Å². The maximum absolute atomic E-state index is 6.05. The largest absolute Gasteiger partial charge is 0.496 e. The lowest BCUT2D eigenvalue weighted by atomic mass is 10.0. The third kappa shape index (κ3) is 3.08. The van der Waals surface area contributed by atoms with E-state index in [0.29, 0.717) is 5.02 Å². The van der Waals surface area contributed by atoms with Gasteiger partial charge in [0.15, 0.2) is 0 Å². The average molecular weight is 391 g/mol. The van der Waals surface area contributed by atoms with E-state index in [-0.39, 0.29) is 4.83 Å². The summed E-state index contributed by atoms with van der Waals surface area (Å²) in [6.45, 7) is 0. The lowest BCUT2D eigenvalue weighted by Gasteiger charge is -2.15. The molecule has 4 heteroatoms. The molecular formula is C14H11Br2ClO. The standard InChI is InChI=1S/C14H11Br2ClO/c1-18-13-6-5-11(17)8-12(13)14(16)9-3-2-4-10(15)7-9/h2-8,14H,1H3. The van der Waals surface area contributed by atoms with Crippen LogP contribution in [0.15, 0.2) is 46.9 Å². The fourth-order valence-electron chi connectivity index (χ4n) is 1.75. The second-order valence-corrected chi connectivity index (χ2v) is 6.07. The van der Waals surface area contributed by atoms with E-state index in [4.69, 9.17) is 16.3 Å². The normalized spacial score (nSPS) is 12.2. The number of hydrogen-bond acceptors (Lipinski definition) is 1. The molecule has 0 saturated heterocycles. The molecule has 0 aromatic heterocycles. The Morgan fingerprint density at radius 2 is 1.94 bits per heavy atom. The maximum atomic E-state index is 6.05. The third-order valence-corrected chi connectivity index (χ3v) is 4.36. The van der Waals surface area contributed by atoms with Crippen molar-refractivity contribution in [3.8, 4) is 5.75 Å². The van der Waals surface area contributed by atoms with E-state index >= 15 is 0 Å². The molecule has 1 nitrogen and oxygen atoms in total. The van der Waals surface area contributed by atoms with E-state index in [1.807, 2.05) is 30.3 Å². The molecule has 0 spiro atoms. The molecule has 0 aliphatic carbocycles. The van der Waals surface area contributed by atoms with Crippen molar-refractivity contribution in [1.82, 2.24) is 0 Å². The van der Waals surface area contributed by atoms with Gasteiger partial charge in [0, 0.05) is 15.1 Å². The fraction of sp³-hybridized carbons (Fsp3) is 0.143. The summed E-state index contributed by atoms with van der Waals surface area (Å²) >= 11 is 13.2. The Kier molecular flexibility index (Phi) is 4.71. The highest BCUT2D eigenvalue weighted by Gasteiger charge is 2.15. The summed E-state index contributed by atoms with van der Waals surface area (Å²) in [6.07, 6.45) is 0. The van der Waals surface area contributed by atoms with Crippen LogP contribution in [0.4, 0.5) is 0 Å². The number of hydrogen-bond donors (Lipinski definition) is 0. The van der Waals surface area contributed by atoms with Crippen molar-refractivity contribution >= 4 is 43.5 Å². The second kappa shape index (κ2) is 6.09. The van der Waals surface area contributed by atoms with Crippen LogP contribution >= 0.6 is 43.5 Å². The van der Waals surface area contributed by atoms with E-state index < -0.39 is 0 Å². The smallest absolute Gasteiger partial charge is 0.123 e. The highest BCUT2D eigenvalue weighted by Crippen LogP contribution is 2.38. The van der Waals surface area contributed by atoms with Gasteiger partial charge in [0.05, 0.1) is 11.9 Å². The van der Waals surface area contributed by atoms with E-state index in [0.717, 1.165) is 21.3 Å². The van der Waals surface area contributed by atoms with Crippen LogP contribution in [-0.2, 0) is 0 Å². The molecule has 0 amide bonds. The Balaban J connectivity index is 2.44. The first-order valence-corrected chi connectivity index (χ1v) is 7.43. The summed E-state index contributed by atoms with van der Waals surface area (Å²) < 4.78 is 6.42. The Labute approximate surface area is 128 Å². The van der Waals surface area contributed by atoms with Crippen molar-refractivity contribution in [3.63, 3.8) is 0 Å². The van der Waals surface area contributed by atoms with Crippen molar-refractivity contribution in [3.05, 3.63) is 63.1 Å². The zero-order valence-electron chi connectivity index (χ0n) is 9.66. The molecule has 0 aliphatic heterocycles. The van der Waals surface area contributed by atoms with Gasteiger partial charge in [-0.3, -0.25) is 0 Å². The Morgan fingerprint density at radius 3 is 2.61 bits per heavy atom. The van der Waals surface area contributed by atoms with E-state index in [2.05, 4.69) is 44.0 Å². The highest BCUT2D eigenvalue weighted by atomic mass is 79.9. The fourth-order valence-corrected chi connectivity index (χ4v) is 2.99. The van der Waals surface area contributed by atoms with Crippen LogP contribution in [0.3, 0.4) is 0 Å². The van der Waals surface area contributed by atoms with Gasteiger partial charge >= 0.3 is 0 Å². The van der Waals surface area contributed by atoms with Gasteiger partial charge in [0.25, 0.3) is 0 Å². The van der Waals surface area contributed by atoms with Gasteiger partial charge < -0.3 is 4.74 Å². The molecule has 0 fully saturated rings. The minimum absolute atomic E-state index is 0.0450. The molecule has 2 aromatic carbocycles. The van der Waals surface area contributed by atoms with Crippen LogP contribution in [0.1, 0.15) is 16.0 Å². The first-order chi connectivity index (χ1) is 8.61. The number of benzene rings is 2. The molecule has 0 heterocycles. The number of halogens is 3. The van der Waals surface area contributed by atoms with Crippen LogP contribution in [0.5, 0.6) is 5.75 Å². The zero-order valence-corrected chi connectivity index (χ0v) is 13.6. The van der Waals surface area contributed by atoms with Crippen molar-refractivity contribution in [2.45, 2.75) is 4.83 Å². The van der Waals surface area contributed by atoms with E-state index in [1.165, 1.54) is 0 Å². The monoisotopic (exact) mass is 388 g/mol. The van der Waals surface area contributed by atoms with Gasteiger partial charge in [-0.05, 0) is 35.9 Å². The van der Waals surface area contributed by atoms with Crippen LogP contribution < -0.4 is 4.74 Å². The maximum Gasteiger partial charge on any atom is 0.123 e. The molecule has 1 atom stereocenters. The molecular weight excluding hydrogens is 379 g/mol. The molecule has 2 rings (SSSR count). The SMILES string of the molecule is COc1ccc(Cl)cc1C(Br)c1cccc(Br)c1. The van der Waals surface area contributed by atoms with Crippen LogP contribution in [0.25, 0.3) is 0 Å². The minimum atomic E-state index is 0.0450. The van der Waals surface area contributed by atoms with Gasteiger partial charge in [-0.25, -0.2) is 0 Å². The summed E-state index contributed by atoms with van der Waals surface area (Å²) in [6, 6.07) is 13.8. The molecule has 2 aromatic rings. The number of methoxy groups -OCH3 is 1. The molecule has 0 saturated carbocycles. The molecule has 0 aliphatic rings. The van der Waals surface area contributed by atoms with Crippen LogP contribution in [0, 0.1) is 0 Å². The minimum Gasteiger partial charge on any atom is -0.496 e. The average Bonchev–Trinajstić information content (AvgIpc) is 2.38. The van der Waals surface area contributed by atoms with E-state index in [9.17, 15) is 0 Å². The predicted octanol–water partition coefficient (Wildman–Crippen LogP) is 5.60. The van der Waals surface area contributed by atoms with Crippen LogP contribution in [-0.4, -0.2) is 7.11 Å². The number of alkyl halides is 1. The predicted molar refractivity (Wildman–Crippen MR) is 82.9 cm³/mol. The zero-order chi connectivity index (χ0) is 13.1. The highest BCUT2D eigenvalue weighted by molar-refractivity contribution is 9.10. The third-order valence-electron chi connectivity index (χ3n) is 2.61. The van der Waals surface area contributed by atoms with Gasteiger partial charge in [-0.1, -0.05) is 55.6 Å². The molecule has 0 bridgehead atoms. The van der Waals surface area contributed by atoms with Crippen molar-refractivity contribution in [2.75, 3.05) is 7.11 Å². The number of ether oxygens (including phenoxy) is 1. The molecule has 0 radical (unpaired) electrons.